The molecule has 0 amide bonds. The zero-order valence-corrected chi connectivity index (χ0v) is 11.1. The largest absolute Gasteiger partial charge is 0.476 e. The van der Waals surface area contributed by atoms with Crippen molar-refractivity contribution in [3.8, 4) is 11.3 Å². The maximum absolute atomic E-state index is 10.9. The molecule has 0 aliphatic carbocycles. The Hall–Kier alpha value is -1.81. The van der Waals surface area contributed by atoms with Crippen LogP contribution < -0.4 is 0 Å². The molecule has 0 bridgehead atoms. The first-order chi connectivity index (χ1) is 8.40. The Balaban J connectivity index is 2.65. The standard InChI is InChI=1S/C13H13ClN2O2/c1-7-4-9(14)5-10(8(7)2)12-6-11(13(17)18)15-16(12)3/h4-6H,1-3H3,(H,17,18). The first kappa shape index (κ1) is 12.6. The van der Waals surface area contributed by atoms with E-state index in [-0.39, 0.29) is 5.69 Å². The number of aromatic carboxylic acids is 1. The molecule has 0 aliphatic rings. The number of aromatic nitrogens is 2. The van der Waals surface area contributed by atoms with Crippen molar-refractivity contribution in [1.29, 1.82) is 0 Å². The second-order valence-corrected chi connectivity index (χ2v) is 4.68. The van der Waals surface area contributed by atoms with Gasteiger partial charge in [-0.1, -0.05) is 11.6 Å². The highest BCUT2D eigenvalue weighted by molar-refractivity contribution is 6.31. The predicted octanol–water partition coefficient (Wildman–Crippen LogP) is 3.06. The lowest BCUT2D eigenvalue weighted by Gasteiger charge is -2.09. The fraction of sp³-hybridized carbons (Fsp3) is 0.231. The highest BCUT2D eigenvalue weighted by Crippen LogP contribution is 2.29. The van der Waals surface area contributed by atoms with Gasteiger partial charge in [-0.25, -0.2) is 4.79 Å². The van der Waals surface area contributed by atoms with E-state index in [1.165, 1.54) is 0 Å². The first-order valence-corrected chi connectivity index (χ1v) is 5.82. The minimum atomic E-state index is -1.03. The number of carboxylic acids is 1. The molecule has 1 aromatic heterocycles. The minimum Gasteiger partial charge on any atom is -0.476 e. The van der Waals surface area contributed by atoms with Gasteiger partial charge < -0.3 is 5.11 Å². The molecule has 94 valence electrons. The third-order valence-corrected chi connectivity index (χ3v) is 3.23. The van der Waals surface area contributed by atoms with Crippen LogP contribution >= 0.6 is 11.6 Å². The lowest BCUT2D eigenvalue weighted by Crippen LogP contribution is -1.99. The Morgan fingerprint density at radius 2 is 2.00 bits per heavy atom. The summed E-state index contributed by atoms with van der Waals surface area (Å²) in [6.07, 6.45) is 0. The van der Waals surface area contributed by atoms with Crippen LogP contribution in [0, 0.1) is 13.8 Å². The summed E-state index contributed by atoms with van der Waals surface area (Å²) >= 11 is 6.05. The van der Waals surface area contributed by atoms with E-state index in [0.29, 0.717) is 5.02 Å². The maximum Gasteiger partial charge on any atom is 0.356 e. The molecule has 0 aliphatic heterocycles. The lowest BCUT2D eigenvalue weighted by molar-refractivity contribution is 0.0689. The van der Waals surface area contributed by atoms with E-state index in [1.807, 2.05) is 26.0 Å². The van der Waals surface area contributed by atoms with Crippen molar-refractivity contribution in [2.45, 2.75) is 13.8 Å². The Morgan fingerprint density at radius 3 is 2.56 bits per heavy atom. The topological polar surface area (TPSA) is 55.1 Å². The second-order valence-electron chi connectivity index (χ2n) is 4.24. The molecule has 0 unspecified atom stereocenters. The van der Waals surface area contributed by atoms with Crippen LogP contribution in [0.15, 0.2) is 18.2 Å². The average molecular weight is 265 g/mol. The molecule has 4 nitrogen and oxygen atoms in total. The number of aryl methyl sites for hydroxylation is 2. The van der Waals surface area contributed by atoms with Crippen LogP contribution in [0.4, 0.5) is 0 Å². The van der Waals surface area contributed by atoms with Crippen molar-refractivity contribution < 1.29 is 9.90 Å². The highest BCUT2D eigenvalue weighted by atomic mass is 35.5. The second kappa shape index (κ2) is 4.46. The molecule has 2 rings (SSSR count). The van der Waals surface area contributed by atoms with Crippen LogP contribution in [0.25, 0.3) is 11.3 Å². The molecule has 1 heterocycles. The molecule has 1 N–H and O–H groups in total. The van der Waals surface area contributed by atoms with E-state index in [4.69, 9.17) is 16.7 Å². The summed E-state index contributed by atoms with van der Waals surface area (Å²) in [5.41, 5.74) is 3.82. The van der Waals surface area contributed by atoms with E-state index in [9.17, 15) is 4.79 Å². The fourth-order valence-corrected chi connectivity index (χ4v) is 2.18. The van der Waals surface area contributed by atoms with Crippen LogP contribution in [-0.4, -0.2) is 20.9 Å². The summed E-state index contributed by atoms with van der Waals surface area (Å²) in [4.78, 5) is 10.9. The van der Waals surface area contributed by atoms with Crippen LogP contribution in [0.1, 0.15) is 21.6 Å². The Labute approximate surface area is 110 Å². The number of rotatable bonds is 2. The van der Waals surface area contributed by atoms with Crippen LogP contribution in [-0.2, 0) is 7.05 Å². The molecule has 18 heavy (non-hydrogen) atoms. The molecule has 2 aromatic rings. The van der Waals surface area contributed by atoms with Crippen molar-refractivity contribution in [3.05, 3.63) is 40.0 Å². The molecular weight excluding hydrogens is 252 g/mol. The van der Waals surface area contributed by atoms with Crippen molar-refractivity contribution >= 4 is 17.6 Å². The molecule has 1 aromatic carbocycles. The summed E-state index contributed by atoms with van der Waals surface area (Å²) in [6.45, 7) is 3.95. The Bertz CT molecular complexity index is 632. The molecule has 0 spiro atoms. The summed E-state index contributed by atoms with van der Waals surface area (Å²) in [7, 11) is 1.72. The monoisotopic (exact) mass is 264 g/mol. The third kappa shape index (κ3) is 2.11. The van der Waals surface area contributed by atoms with E-state index in [1.54, 1.807) is 17.8 Å². The van der Waals surface area contributed by atoms with Gasteiger partial charge >= 0.3 is 5.97 Å². The number of hydrogen-bond donors (Lipinski definition) is 1. The van der Waals surface area contributed by atoms with Gasteiger partial charge in [-0.15, -0.1) is 0 Å². The van der Waals surface area contributed by atoms with Crippen molar-refractivity contribution in [2.24, 2.45) is 7.05 Å². The molecule has 0 atom stereocenters. The number of carbonyl (C=O) groups is 1. The van der Waals surface area contributed by atoms with Gasteiger partial charge in [0.15, 0.2) is 5.69 Å². The van der Waals surface area contributed by atoms with E-state index in [0.717, 1.165) is 22.4 Å². The maximum atomic E-state index is 10.9. The average Bonchev–Trinajstić information content (AvgIpc) is 2.66. The summed E-state index contributed by atoms with van der Waals surface area (Å²) in [5.74, 6) is -1.03. The van der Waals surface area contributed by atoms with E-state index >= 15 is 0 Å². The summed E-state index contributed by atoms with van der Waals surface area (Å²) < 4.78 is 1.56. The summed E-state index contributed by atoms with van der Waals surface area (Å²) in [5, 5.41) is 13.5. The van der Waals surface area contributed by atoms with Gasteiger partial charge in [0.1, 0.15) is 0 Å². The fourth-order valence-electron chi connectivity index (χ4n) is 1.91. The van der Waals surface area contributed by atoms with Gasteiger partial charge in [0, 0.05) is 17.6 Å². The van der Waals surface area contributed by atoms with Crippen molar-refractivity contribution in [1.82, 2.24) is 9.78 Å². The molecule has 0 radical (unpaired) electrons. The van der Waals surface area contributed by atoms with Crippen molar-refractivity contribution in [2.75, 3.05) is 0 Å². The molecule has 5 heteroatoms. The van der Waals surface area contributed by atoms with E-state index in [2.05, 4.69) is 5.10 Å². The molecule has 0 fully saturated rings. The zero-order chi connectivity index (χ0) is 13.4. The molecule has 0 saturated carbocycles. The minimum absolute atomic E-state index is 0.0320. The zero-order valence-electron chi connectivity index (χ0n) is 10.4. The number of nitrogens with zero attached hydrogens (tertiary/aromatic N) is 2. The van der Waals surface area contributed by atoms with Crippen molar-refractivity contribution in [3.63, 3.8) is 0 Å². The number of halogens is 1. The number of benzene rings is 1. The smallest absolute Gasteiger partial charge is 0.356 e. The molecular formula is C13H13ClN2O2. The van der Waals surface area contributed by atoms with Gasteiger partial charge in [-0.05, 0) is 43.2 Å². The van der Waals surface area contributed by atoms with Gasteiger partial charge in [-0.3, -0.25) is 4.68 Å². The van der Waals surface area contributed by atoms with Crippen LogP contribution in [0.2, 0.25) is 5.02 Å². The SMILES string of the molecule is Cc1cc(Cl)cc(-c2cc(C(=O)O)nn2C)c1C. The normalized spacial score (nSPS) is 10.7. The van der Waals surface area contributed by atoms with Gasteiger partial charge in [-0.2, -0.15) is 5.10 Å². The van der Waals surface area contributed by atoms with E-state index < -0.39 is 5.97 Å². The highest BCUT2D eigenvalue weighted by Gasteiger charge is 2.15. The quantitative estimate of drug-likeness (QED) is 0.907. The predicted molar refractivity (Wildman–Crippen MR) is 70.1 cm³/mol. The van der Waals surface area contributed by atoms with Gasteiger partial charge in [0.2, 0.25) is 0 Å². The van der Waals surface area contributed by atoms with Gasteiger partial charge in [0.05, 0.1) is 5.69 Å². The lowest BCUT2D eigenvalue weighted by atomic mass is 10.0. The first-order valence-electron chi connectivity index (χ1n) is 5.44. The van der Waals surface area contributed by atoms with Crippen LogP contribution in [0.5, 0.6) is 0 Å². The molecule has 0 saturated heterocycles. The number of carboxylic acid groups (broad SMARTS) is 1. The summed E-state index contributed by atoms with van der Waals surface area (Å²) in [6, 6.07) is 5.27. The Kier molecular flexibility index (Phi) is 3.13. The number of hydrogen-bond acceptors (Lipinski definition) is 2. The van der Waals surface area contributed by atoms with Gasteiger partial charge in [0.25, 0.3) is 0 Å². The van der Waals surface area contributed by atoms with Crippen LogP contribution in [0.3, 0.4) is 0 Å². The Morgan fingerprint density at radius 1 is 1.33 bits per heavy atom. The third-order valence-electron chi connectivity index (χ3n) is 3.01.